The minimum Gasteiger partial charge on any atom is -0.495 e. The minimum absolute atomic E-state index is 0. The molecule has 0 radical (unpaired) electrons. The Bertz CT molecular complexity index is 702. The molecule has 5 nitrogen and oxygen atoms in total. The molecule has 2 rings (SSSR count). The second kappa shape index (κ2) is 11.7. The first-order valence-corrected chi connectivity index (χ1v) is 8.66. The monoisotopic (exact) mass is 468 g/mol. The molecule has 0 heterocycles. The van der Waals surface area contributed by atoms with E-state index < -0.39 is 0 Å². The van der Waals surface area contributed by atoms with E-state index in [9.17, 15) is 0 Å². The number of anilines is 1. The number of para-hydroxylation sites is 2. The highest BCUT2D eigenvalue weighted by Gasteiger charge is 2.04. The van der Waals surface area contributed by atoms with Crippen molar-refractivity contribution in [1.82, 2.24) is 4.90 Å². The van der Waals surface area contributed by atoms with Crippen LogP contribution >= 0.6 is 24.0 Å². The van der Waals surface area contributed by atoms with Gasteiger partial charge in [0.1, 0.15) is 5.75 Å². The smallest absolute Gasteiger partial charge is 0.193 e. The van der Waals surface area contributed by atoms with Crippen LogP contribution in [0.25, 0.3) is 0 Å². The van der Waals surface area contributed by atoms with Gasteiger partial charge in [-0.25, -0.2) is 4.99 Å². The van der Waals surface area contributed by atoms with Crippen molar-refractivity contribution in [3.63, 3.8) is 0 Å². The van der Waals surface area contributed by atoms with Crippen molar-refractivity contribution in [3.8, 4) is 5.75 Å². The Balaban J connectivity index is 0.00000338. The summed E-state index contributed by atoms with van der Waals surface area (Å²) in [5.74, 6) is 1.11. The Morgan fingerprint density at radius 2 is 1.77 bits per heavy atom. The number of nitrogens with one attached hydrogen (secondary N) is 1. The van der Waals surface area contributed by atoms with Gasteiger partial charge in [-0.05, 0) is 36.3 Å². The highest BCUT2D eigenvalue weighted by atomic mass is 127. The summed E-state index contributed by atoms with van der Waals surface area (Å²) in [5, 5.41) is 3.09. The van der Waals surface area contributed by atoms with Gasteiger partial charge in [0.2, 0.25) is 0 Å². The summed E-state index contributed by atoms with van der Waals surface area (Å²) in [6.07, 6.45) is 0. The third-order valence-electron chi connectivity index (χ3n) is 4.09. The zero-order valence-electron chi connectivity index (χ0n) is 15.7. The fourth-order valence-electron chi connectivity index (χ4n) is 2.63. The molecule has 0 unspecified atom stereocenters. The molecule has 6 heteroatoms. The van der Waals surface area contributed by atoms with Crippen molar-refractivity contribution in [3.05, 3.63) is 59.7 Å². The highest BCUT2D eigenvalue weighted by molar-refractivity contribution is 14.0. The zero-order chi connectivity index (χ0) is 18.1. The van der Waals surface area contributed by atoms with E-state index in [4.69, 9.17) is 10.5 Å². The summed E-state index contributed by atoms with van der Waals surface area (Å²) in [4.78, 5) is 6.83. The summed E-state index contributed by atoms with van der Waals surface area (Å²) >= 11 is 0. The lowest BCUT2D eigenvalue weighted by Crippen LogP contribution is -2.23. The molecule has 3 N–H and O–H groups in total. The van der Waals surface area contributed by atoms with Crippen molar-refractivity contribution >= 4 is 35.6 Å². The first-order valence-electron chi connectivity index (χ1n) is 8.66. The molecular formula is C20H29IN4O. The molecule has 0 aromatic heterocycles. The van der Waals surface area contributed by atoms with Gasteiger partial charge in [-0.3, -0.25) is 4.90 Å². The molecule has 2 aromatic carbocycles. The molecule has 26 heavy (non-hydrogen) atoms. The number of guanidine groups is 1. The van der Waals surface area contributed by atoms with Gasteiger partial charge in [-0.15, -0.1) is 24.0 Å². The fourth-order valence-corrected chi connectivity index (χ4v) is 2.63. The predicted octanol–water partition coefficient (Wildman–Crippen LogP) is 4.08. The molecule has 0 fully saturated rings. The Hall–Kier alpha value is -1.80. The summed E-state index contributed by atoms with van der Waals surface area (Å²) < 4.78 is 5.31. The number of benzene rings is 2. The Morgan fingerprint density at radius 3 is 2.46 bits per heavy atom. The van der Waals surface area contributed by atoms with Crippen molar-refractivity contribution in [1.29, 1.82) is 0 Å². The summed E-state index contributed by atoms with van der Waals surface area (Å²) in [6, 6.07) is 16.1. The fraction of sp³-hybridized carbons (Fsp3) is 0.350. The standard InChI is InChI=1S/C20H28N4O.HI/c1-4-24(5-2)15-17-10-8-9-16(13-17)14-22-20(21)23-18-11-6-7-12-19(18)25-3;/h6-13H,4-5,14-15H2,1-3H3,(H3,21,22,23);1H. The Kier molecular flexibility index (Phi) is 10.0. The van der Waals surface area contributed by atoms with Gasteiger partial charge in [-0.1, -0.05) is 50.2 Å². The van der Waals surface area contributed by atoms with Gasteiger partial charge >= 0.3 is 0 Å². The largest absolute Gasteiger partial charge is 0.495 e. The first kappa shape index (κ1) is 22.2. The number of aliphatic imine (C=N–C) groups is 1. The molecule has 0 atom stereocenters. The van der Waals surface area contributed by atoms with E-state index in [-0.39, 0.29) is 24.0 Å². The van der Waals surface area contributed by atoms with E-state index in [0.29, 0.717) is 12.5 Å². The van der Waals surface area contributed by atoms with Crippen LogP contribution in [-0.4, -0.2) is 31.1 Å². The molecule has 2 aromatic rings. The third kappa shape index (κ3) is 6.84. The van der Waals surface area contributed by atoms with Crippen LogP contribution in [0.3, 0.4) is 0 Å². The molecule has 0 aliphatic carbocycles. The Morgan fingerprint density at radius 1 is 1.08 bits per heavy atom. The average molecular weight is 468 g/mol. The van der Waals surface area contributed by atoms with Crippen LogP contribution in [0, 0.1) is 0 Å². The molecular weight excluding hydrogens is 439 g/mol. The molecule has 0 bridgehead atoms. The van der Waals surface area contributed by atoms with E-state index in [1.165, 1.54) is 5.56 Å². The van der Waals surface area contributed by atoms with Gasteiger partial charge in [0, 0.05) is 6.54 Å². The maximum absolute atomic E-state index is 6.01. The number of hydrogen-bond donors (Lipinski definition) is 2. The first-order chi connectivity index (χ1) is 12.2. The maximum Gasteiger partial charge on any atom is 0.193 e. The van der Waals surface area contributed by atoms with Crippen LogP contribution in [0.2, 0.25) is 0 Å². The lowest BCUT2D eigenvalue weighted by molar-refractivity contribution is 0.296. The number of hydrogen-bond acceptors (Lipinski definition) is 3. The van der Waals surface area contributed by atoms with E-state index in [0.717, 1.165) is 36.6 Å². The molecule has 0 amide bonds. The second-order valence-electron chi connectivity index (χ2n) is 5.81. The number of nitrogens with zero attached hydrogens (tertiary/aromatic N) is 2. The quantitative estimate of drug-likeness (QED) is 0.348. The highest BCUT2D eigenvalue weighted by Crippen LogP contribution is 2.22. The van der Waals surface area contributed by atoms with Crippen molar-refractivity contribution < 1.29 is 4.74 Å². The SMILES string of the molecule is CCN(CC)Cc1cccc(CN=C(N)Nc2ccccc2OC)c1.I. The van der Waals surface area contributed by atoms with Crippen LogP contribution in [-0.2, 0) is 13.1 Å². The summed E-state index contributed by atoms with van der Waals surface area (Å²) in [7, 11) is 1.63. The summed E-state index contributed by atoms with van der Waals surface area (Å²) in [5.41, 5.74) is 9.27. The molecule has 0 aliphatic heterocycles. The summed E-state index contributed by atoms with van der Waals surface area (Å²) in [6.45, 7) is 7.96. The third-order valence-corrected chi connectivity index (χ3v) is 4.09. The van der Waals surface area contributed by atoms with Crippen LogP contribution in [0.4, 0.5) is 5.69 Å². The normalized spacial score (nSPS) is 11.2. The van der Waals surface area contributed by atoms with Crippen LogP contribution < -0.4 is 15.8 Å². The number of rotatable bonds is 8. The van der Waals surface area contributed by atoms with E-state index in [1.807, 2.05) is 24.3 Å². The van der Waals surface area contributed by atoms with E-state index in [1.54, 1.807) is 7.11 Å². The van der Waals surface area contributed by atoms with Gasteiger partial charge in [-0.2, -0.15) is 0 Å². The van der Waals surface area contributed by atoms with Gasteiger partial charge in [0.25, 0.3) is 0 Å². The molecule has 0 saturated heterocycles. The number of ether oxygens (including phenoxy) is 1. The second-order valence-corrected chi connectivity index (χ2v) is 5.81. The molecule has 142 valence electrons. The maximum atomic E-state index is 6.01. The topological polar surface area (TPSA) is 62.9 Å². The van der Waals surface area contributed by atoms with Gasteiger partial charge in [0.15, 0.2) is 5.96 Å². The number of halogens is 1. The van der Waals surface area contributed by atoms with Crippen LogP contribution in [0.1, 0.15) is 25.0 Å². The number of nitrogens with two attached hydrogens (primary N) is 1. The lowest BCUT2D eigenvalue weighted by Gasteiger charge is -2.18. The van der Waals surface area contributed by atoms with E-state index >= 15 is 0 Å². The number of methoxy groups -OCH3 is 1. The molecule has 0 spiro atoms. The van der Waals surface area contributed by atoms with Crippen molar-refractivity contribution in [2.45, 2.75) is 26.9 Å². The minimum atomic E-state index is 0. The van der Waals surface area contributed by atoms with E-state index in [2.05, 4.69) is 53.3 Å². The van der Waals surface area contributed by atoms with Gasteiger partial charge < -0.3 is 15.8 Å². The lowest BCUT2D eigenvalue weighted by atomic mass is 10.1. The van der Waals surface area contributed by atoms with Crippen LogP contribution in [0.5, 0.6) is 5.75 Å². The predicted molar refractivity (Wildman–Crippen MR) is 120 cm³/mol. The average Bonchev–Trinajstić information content (AvgIpc) is 2.65. The zero-order valence-corrected chi connectivity index (χ0v) is 18.1. The van der Waals surface area contributed by atoms with Crippen LogP contribution in [0.15, 0.2) is 53.5 Å². The van der Waals surface area contributed by atoms with Crippen molar-refractivity contribution in [2.75, 3.05) is 25.5 Å². The molecule has 0 saturated carbocycles. The molecule has 0 aliphatic rings. The van der Waals surface area contributed by atoms with Crippen molar-refractivity contribution in [2.24, 2.45) is 10.7 Å². The van der Waals surface area contributed by atoms with Gasteiger partial charge in [0.05, 0.1) is 19.3 Å². The Labute approximate surface area is 173 Å².